The number of likely N-dealkylation sites (tertiary alicyclic amines) is 1. The van der Waals surface area contributed by atoms with Crippen molar-refractivity contribution in [2.75, 3.05) is 20.1 Å². The quantitative estimate of drug-likeness (QED) is 0.517. The molecule has 1 aliphatic rings. The van der Waals surface area contributed by atoms with Crippen molar-refractivity contribution in [3.63, 3.8) is 0 Å². The van der Waals surface area contributed by atoms with E-state index >= 15 is 0 Å². The van der Waals surface area contributed by atoms with Crippen molar-refractivity contribution < 1.29 is 10.0 Å². The van der Waals surface area contributed by atoms with E-state index in [2.05, 4.69) is 22.2 Å². The Balaban J connectivity index is 0.00000264. The highest BCUT2D eigenvalue weighted by Crippen LogP contribution is 2.17. The van der Waals surface area contributed by atoms with Crippen molar-refractivity contribution in [1.82, 2.24) is 9.80 Å². The van der Waals surface area contributed by atoms with Gasteiger partial charge in [-0.25, -0.2) is 0 Å². The summed E-state index contributed by atoms with van der Waals surface area (Å²) in [6.07, 6.45) is 1.69. The number of halogens is 1. The van der Waals surface area contributed by atoms with E-state index in [1.165, 1.54) is 10.5 Å². The lowest BCUT2D eigenvalue weighted by molar-refractivity contribution is -0.125. The molecule has 0 saturated carbocycles. The molecule has 1 aliphatic heterocycles. The second kappa shape index (κ2) is 9.13. The molecule has 1 heterocycles. The van der Waals surface area contributed by atoms with E-state index in [0.29, 0.717) is 0 Å². The van der Waals surface area contributed by atoms with Gasteiger partial charge in [-0.2, -0.15) is 5.26 Å². The van der Waals surface area contributed by atoms with Crippen LogP contribution in [0.4, 0.5) is 0 Å². The zero-order valence-electron chi connectivity index (χ0n) is 13.1. The topological polar surface area (TPSA) is 79.9 Å². The van der Waals surface area contributed by atoms with Crippen LogP contribution in [0.15, 0.2) is 35.5 Å². The fourth-order valence-corrected chi connectivity index (χ4v) is 2.75. The van der Waals surface area contributed by atoms with Crippen LogP contribution < -0.4 is 0 Å². The fourth-order valence-electron chi connectivity index (χ4n) is 2.75. The van der Waals surface area contributed by atoms with Crippen LogP contribution in [-0.4, -0.2) is 52.8 Å². The maximum absolute atomic E-state index is 12.0. The minimum Gasteiger partial charge on any atom is -0.410 e. The molecule has 1 fully saturated rings. The highest BCUT2D eigenvalue weighted by Gasteiger charge is 2.27. The molecule has 0 atom stereocenters. The third kappa shape index (κ3) is 4.95. The summed E-state index contributed by atoms with van der Waals surface area (Å²) in [5.74, 6) is -0.522. The van der Waals surface area contributed by atoms with Crippen LogP contribution >= 0.6 is 12.4 Å². The first-order chi connectivity index (χ1) is 10.7. The Labute approximate surface area is 142 Å². The third-order valence-corrected chi connectivity index (χ3v) is 4.08. The summed E-state index contributed by atoms with van der Waals surface area (Å²) in [5, 5.41) is 20.2. The van der Waals surface area contributed by atoms with Gasteiger partial charge in [-0.05, 0) is 18.4 Å². The van der Waals surface area contributed by atoms with E-state index in [9.17, 15) is 4.79 Å². The summed E-state index contributed by atoms with van der Waals surface area (Å²) in [6.45, 7) is 2.71. The van der Waals surface area contributed by atoms with E-state index in [4.69, 9.17) is 10.5 Å². The highest BCUT2D eigenvalue weighted by atomic mass is 35.5. The van der Waals surface area contributed by atoms with Gasteiger partial charge in [0.1, 0.15) is 6.07 Å². The average molecular weight is 337 g/mol. The van der Waals surface area contributed by atoms with Crippen LogP contribution in [-0.2, 0) is 11.3 Å². The predicted molar refractivity (Wildman–Crippen MR) is 89.6 cm³/mol. The monoisotopic (exact) mass is 336 g/mol. The van der Waals surface area contributed by atoms with Gasteiger partial charge in [-0.3, -0.25) is 9.69 Å². The Morgan fingerprint density at radius 3 is 2.52 bits per heavy atom. The molecule has 1 aromatic carbocycles. The fraction of sp³-hybridized carbons (Fsp3) is 0.438. The Morgan fingerprint density at radius 2 is 2.00 bits per heavy atom. The second-order valence-electron chi connectivity index (χ2n) is 5.47. The molecule has 1 amide bonds. The molecule has 0 radical (unpaired) electrons. The van der Waals surface area contributed by atoms with E-state index in [-0.39, 0.29) is 18.4 Å². The number of amides is 1. The Hall–Kier alpha value is -2.10. The standard InChI is InChI=1S/C16H20N4O2.ClH/c1-19(16(21)15(11-17)18-22)14-7-9-20(10-8-14)12-13-5-3-2-4-6-13;/h2-6,14,22H,7-10,12H2,1H3;1H. The molecule has 1 aromatic rings. The van der Waals surface area contributed by atoms with Gasteiger partial charge >= 0.3 is 0 Å². The first-order valence-electron chi connectivity index (χ1n) is 7.31. The zero-order valence-corrected chi connectivity index (χ0v) is 13.9. The van der Waals surface area contributed by atoms with Crippen molar-refractivity contribution in [2.24, 2.45) is 5.16 Å². The lowest BCUT2D eigenvalue weighted by Gasteiger charge is -2.36. The molecule has 1 N–H and O–H groups in total. The van der Waals surface area contributed by atoms with E-state index in [1.54, 1.807) is 13.1 Å². The summed E-state index contributed by atoms with van der Waals surface area (Å²) in [6, 6.07) is 12.0. The SMILES string of the molecule is CN(C(=O)C(C#N)=NO)C1CCN(Cc2ccccc2)CC1.Cl. The van der Waals surface area contributed by atoms with Gasteiger partial charge in [-0.15, -0.1) is 12.4 Å². The molecule has 0 unspecified atom stereocenters. The first kappa shape index (κ1) is 18.9. The molecule has 6 nitrogen and oxygen atoms in total. The van der Waals surface area contributed by atoms with Crippen molar-refractivity contribution in [3.8, 4) is 6.07 Å². The maximum atomic E-state index is 12.0. The molecule has 1 saturated heterocycles. The Bertz CT molecular complexity index is 577. The van der Waals surface area contributed by atoms with Gasteiger partial charge in [0.15, 0.2) is 0 Å². The minimum absolute atomic E-state index is 0. The number of hydrogen-bond acceptors (Lipinski definition) is 5. The van der Waals surface area contributed by atoms with E-state index in [0.717, 1.165) is 32.5 Å². The van der Waals surface area contributed by atoms with Crippen molar-refractivity contribution in [2.45, 2.75) is 25.4 Å². The molecule has 124 valence electrons. The summed E-state index contributed by atoms with van der Waals surface area (Å²) in [5.41, 5.74) is 0.818. The average Bonchev–Trinajstić information content (AvgIpc) is 2.57. The van der Waals surface area contributed by atoms with Crippen LogP contribution in [0.2, 0.25) is 0 Å². The molecule has 7 heteroatoms. The molecular formula is C16H21ClN4O2. The lowest BCUT2D eigenvalue weighted by Crippen LogP contribution is -2.47. The van der Waals surface area contributed by atoms with Crippen molar-refractivity contribution >= 4 is 24.0 Å². The number of oxime groups is 1. The summed E-state index contributed by atoms with van der Waals surface area (Å²) in [7, 11) is 1.66. The van der Waals surface area contributed by atoms with Gasteiger partial charge in [0.05, 0.1) is 0 Å². The van der Waals surface area contributed by atoms with Gasteiger partial charge in [0.25, 0.3) is 5.91 Å². The van der Waals surface area contributed by atoms with Crippen molar-refractivity contribution in [3.05, 3.63) is 35.9 Å². The van der Waals surface area contributed by atoms with Crippen LogP contribution in [0.25, 0.3) is 0 Å². The smallest absolute Gasteiger partial charge is 0.286 e. The van der Waals surface area contributed by atoms with Crippen LogP contribution in [0, 0.1) is 11.3 Å². The largest absolute Gasteiger partial charge is 0.410 e. The summed E-state index contributed by atoms with van der Waals surface area (Å²) in [4.78, 5) is 15.8. The molecule has 2 rings (SSSR count). The molecule has 0 aromatic heterocycles. The molecule has 0 bridgehead atoms. The number of rotatable bonds is 4. The first-order valence-corrected chi connectivity index (χ1v) is 7.31. The number of carbonyl (C=O) groups is 1. The number of carbonyl (C=O) groups excluding carboxylic acids is 1. The zero-order chi connectivity index (χ0) is 15.9. The van der Waals surface area contributed by atoms with Crippen LogP contribution in [0.5, 0.6) is 0 Å². The third-order valence-electron chi connectivity index (χ3n) is 4.08. The maximum Gasteiger partial charge on any atom is 0.286 e. The van der Waals surface area contributed by atoms with Crippen molar-refractivity contribution in [1.29, 1.82) is 5.26 Å². The normalized spacial score (nSPS) is 16.3. The number of nitriles is 1. The lowest BCUT2D eigenvalue weighted by atomic mass is 10.0. The van der Waals surface area contributed by atoms with Gasteiger partial charge < -0.3 is 10.1 Å². The molecule has 23 heavy (non-hydrogen) atoms. The summed E-state index contributed by atoms with van der Waals surface area (Å²) >= 11 is 0. The second-order valence-corrected chi connectivity index (χ2v) is 5.47. The number of benzene rings is 1. The predicted octanol–water partition coefficient (Wildman–Crippen LogP) is 1.88. The Kier molecular flexibility index (Phi) is 7.52. The Morgan fingerprint density at radius 1 is 1.39 bits per heavy atom. The number of hydrogen-bond donors (Lipinski definition) is 1. The minimum atomic E-state index is -0.522. The van der Waals surface area contributed by atoms with E-state index in [1.807, 2.05) is 18.2 Å². The highest BCUT2D eigenvalue weighted by molar-refractivity contribution is 6.44. The molecule has 0 aliphatic carbocycles. The number of nitrogens with zero attached hydrogens (tertiary/aromatic N) is 4. The number of piperidine rings is 1. The molecule has 0 spiro atoms. The van der Waals surface area contributed by atoms with Gasteiger partial charge in [0, 0.05) is 32.7 Å². The van der Waals surface area contributed by atoms with Crippen LogP contribution in [0.3, 0.4) is 0 Å². The van der Waals surface area contributed by atoms with Crippen LogP contribution in [0.1, 0.15) is 18.4 Å². The van der Waals surface area contributed by atoms with Gasteiger partial charge in [0.2, 0.25) is 5.71 Å². The van der Waals surface area contributed by atoms with Gasteiger partial charge in [-0.1, -0.05) is 35.5 Å². The summed E-state index contributed by atoms with van der Waals surface area (Å²) < 4.78 is 0. The molecular weight excluding hydrogens is 316 g/mol. The van der Waals surface area contributed by atoms with E-state index < -0.39 is 11.6 Å².